The topological polar surface area (TPSA) is 64.2 Å². The summed E-state index contributed by atoms with van der Waals surface area (Å²) in [5.41, 5.74) is 6.86. The molecular weight excluding hydrogens is 361 g/mol. The first kappa shape index (κ1) is 22.3. The number of hydrogen-bond donors (Lipinski definition) is 1. The van der Waals surface area contributed by atoms with E-state index < -0.39 is 12.6 Å². The number of amides is 1. The lowest BCUT2D eigenvalue weighted by atomic mass is 10.1. The molecule has 0 saturated heterocycles. The number of benzene rings is 1. The maximum absolute atomic E-state index is 12.8. The van der Waals surface area contributed by atoms with Crippen molar-refractivity contribution in [3.63, 3.8) is 0 Å². The van der Waals surface area contributed by atoms with Crippen molar-refractivity contribution in [3.8, 4) is 0 Å². The van der Waals surface area contributed by atoms with E-state index in [4.69, 9.17) is 5.73 Å². The molecule has 2 aromatic rings. The highest BCUT2D eigenvalue weighted by atomic mass is 35.5. The number of carbonyl (C=O) groups excluding carboxylic acids is 1. The number of imidazole rings is 1. The number of alkyl halides is 2. The summed E-state index contributed by atoms with van der Waals surface area (Å²) in [4.78, 5) is 17.4. The fraction of sp³-hybridized carbons (Fsp3) is 0.333. The fourth-order valence-electron chi connectivity index (χ4n) is 2.17. The molecule has 24 heavy (non-hydrogen) atoms. The first-order valence-electron chi connectivity index (χ1n) is 6.83. The Balaban J connectivity index is 0.00000264. The molecule has 2 N–H and O–H groups in total. The Morgan fingerprint density at radius 3 is 2.50 bits per heavy atom. The smallest absolute Gasteiger partial charge is 0.319 e. The average Bonchev–Trinajstić information content (AvgIpc) is 2.95. The highest BCUT2D eigenvalue weighted by Crippen LogP contribution is 2.14. The van der Waals surface area contributed by atoms with Crippen molar-refractivity contribution in [2.24, 2.45) is 5.73 Å². The van der Waals surface area contributed by atoms with E-state index in [-0.39, 0.29) is 43.1 Å². The van der Waals surface area contributed by atoms with Gasteiger partial charge in [-0.25, -0.2) is 4.98 Å². The third-order valence-electron chi connectivity index (χ3n) is 3.33. The number of carbonyl (C=O) groups is 1. The van der Waals surface area contributed by atoms with Gasteiger partial charge in [0.2, 0.25) is 5.91 Å². The monoisotopic (exact) mass is 380 g/mol. The Morgan fingerprint density at radius 1 is 1.29 bits per heavy atom. The highest BCUT2D eigenvalue weighted by molar-refractivity contribution is 5.85. The number of likely N-dealkylation sites (N-methyl/N-ethyl adjacent to an activating group) is 1. The van der Waals surface area contributed by atoms with Gasteiger partial charge in [0.05, 0.1) is 12.6 Å². The van der Waals surface area contributed by atoms with Gasteiger partial charge in [0, 0.05) is 19.4 Å². The van der Waals surface area contributed by atoms with Crippen molar-refractivity contribution in [2.75, 3.05) is 7.05 Å². The number of nitrogens with zero attached hydrogens (tertiary/aromatic N) is 3. The molecule has 1 unspecified atom stereocenters. The van der Waals surface area contributed by atoms with Gasteiger partial charge in [-0.2, -0.15) is 8.78 Å². The lowest BCUT2D eigenvalue weighted by Crippen LogP contribution is -2.43. The Kier molecular flexibility index (Phi) is 9.50. The lowest BCUT2D eigenvalue weighted by Gasteiger charge is -2.21. The van der Waals surface area contributed by atoms with Crippen LogP contribution in [0, 0.1) is 0 Å². The second-order valence-electron chi connectivity index (χ2n) is 5.02. The van der Waals surface area contributed by atoms with Gasteiger partial charge in [-0.15, -0.1) is 24.8 Å². The van der Waals surface area contributed by atoms with E-state index in [9.17, 15) is 13.6 Å². The van der Waals surface area contributed by atoms with Gasteiger partial charge in [-0.3, -0.25) is 9.36 Å². The van der Waals surface area contributed by atoms with E-state index in [1.165, 1.54) is 24.3 Å². The van der Waals surface area contributed by atoms with Crippen LogP contribution in [-0.4, -0.2) is 33.4 Å². The molecule has 134 valence electrons. The van der Waals surface area contributed by atoms with Crippen molar-refractivity contribution in [2.45, 2.75) is 25.6 Å². The summed E-state index contributed by atoms with van der Waals surface area (Å²) >= 11 is 0. The molecule has 0 radical (unpaired) electrons. The van der Waals surface area contributed by atoms with E-state index in [1.54, 1.807) is 0 Å². The van der Waals surface area contributed by atoms with E-state index in [2.05, 4.69) is 4.98 Å². The van der Waals surface area contributed by atoms with Gasteiger partial charge in [-0.1, -0.05) is 30.3 Å². The molecule has 2 rings (SSSR count). The van der Waals surface area contributed by atoms with Gasteiger partial charge < -0.3 is 10.6 Å². The third-order valence-corrected chi connectivity index (χ3v) is 3.33. The maximum Gasteiger partial charge on any atom is 0.319 e. The van der Waals surface area contributed by atoms with Gasteiger partial charge in [0.25, 0.3) is 0 Å². The SMILES string of the molecule is CN(Cc1nccn1C(F)F)C(=O)C(N)Cc1ccccc1.Cl.Cl. The molecular formula is C15H20Cl2F2N4O. The quantitative estimate of drug-likeness (QED) is 0.837. The van der Waals surface area contributed by atoms with Crippen LogP contribution in [0.2, 0.25) is 0 Å². The molecule has 0 saturated carbocycles. The van der Waals surface area contributed by atoms with Crippen molar-refractivity contribution in [1.29, 1.82) is 0 Å². The highest BCUT2D eigenvalue weighted by Gasteiger charge is 2.21. The second kappa shape index (κ2) is 10.2. The summed E-state index contributed by atoms with van der Waals surface area (Å²) in [6, 6.07) is 8.67. The number of hydrogen-bond acceptors (Lipinski definition) is 3. The molecule has 0 bridgehead atoms. The zero-order valence-corrected chi connectivity index (χ0v) is 14.6. The molecule has 1 aromatic carbocycles. The van der Waals surface area contributed by atoms with E-state index >= 15 is 0 Å². The van der Waals surface area contributed by atoms with Gasteiger partial charge in [0.15, 0.2) is 0 Å². The number of nitrogens with two attached hydrogens (primary N) is 1. The Bertz CT molecular complexity index is 625. The molecule has 5 nitrogen and oxygen atoms in total. The zero-order valence-electron chi connectivity index (χ0n) is 13.0. The number of halogens is 4. The molecule has 0 aliphatic heterocycles. The first-order chi connectivity index (χ1) is 10.5. The molecule has 1 heterocycles. The minimum Gasteiger partial charge on any atom is -0.337 e. The van der Waals surface area contributed by atoms with Crippen molar-refractivity contribution >= 4 is 30.7 Å². The molecule has 1 amide bonds. The molecule has 0 aliphatic carbocycles. The minimum absolute atomic E-state index is 0. The Hall–Kier alpha value is -1.70. The molecule has 0 fully saturated rings. The minimum atomic E-state index is -2.68. The Labute approximate surface area is 151 Å². The lowest BCUT2D eigenvalue weighted by molar-refractivity contribution is -0.132. The molecule has 0 aliphatic rings. The largest absolute Gasteiger partial charge is 0.337 e. The van der Waals surface area contributed by atoms with Crippen LogP contribution in [0.5, 0.6) is 0 Å². The Morgan fingerprint density at radius 2 is 1.92 bits per heavy atom. The van der Waals surface area contributed by atoms with Crippen LogP contribution in [0.3, 0.4) is 0 Å². The number of aromatic nitrogens is 2. The molecule has 1 atom stereocenters. The van der Waals surface area contributed by atoms with Crippen LogP contribution >= 0.6 is 24.8 Å². The van der Waals surface area contributed by atoms with Crippen LogP contribution in [0.25, 0.3) is 0 Å². The van der Waals surface area contributed by atoms with E-state index in [0.29, 0.717) is 6.42 Å². The molecule has 1 aromatic heterocycles. The standard InChI is InChI=1S/C15H18F2N4O.2ClH/c1-20(10-13-19-7-8-21(13)15(16)17)14(22)12(18)9-11-5-3-2-4-6-11;;/h2-8,12,15H,9-10,18H2,1H3;2*1H. The van der Waals surface area contributed by atoms with Crippen LogP contribution < -0.4 is 5.73 Å². The van der Waals surface area contributed by atoms with Crippen LogP contribution in [0.15, 0.2) is 42.7 Å². The van der Waals surface area contributed by atoms with Crippen LogP contribution in [-0.2, 0) is 17.8 Å². The summed E-state index contributed by atoms with van der Waals surface area (Å²) in [5, 5.41) is 0. The van der Waals surface area contributed by atoms with E-state index in [0.717, 1.165) is 10.1 Å². The van der Waals surface area contributed by atoms with Gasteiger partial charge in [-0.05, 0) is 12.0 Å². The fourth-order valence-corrected chi connectivity index (χ4v) is 2.17. The first-order valence-corrected chi connectivity index (χ1v) is 6.83. The number of rotatable bonds is 6. The van der Waals surface area contributed by atoms with Crippen molar-refractivity contribution < 1.29 is 13.6 Å². The van der Waals surface area contributed by atoms with E-state index in [1.807, 2.05) is 30.3 Å². The normalized spacial score (nSPS) is 11.4. The van der Waals surface area contributed by atoms with Gasteiger partial charge in [0.1, 0.15) is 5.82 Å². The summed E-state index contributed by atoms with van der Waals surface area (Å²) in [6.45, 7) is -2.70. The summed E-state index contributed by atoms with van der Waals surface area (Å²) < 4.78 is 26.2. The van der Waals surface area contributed by atoms with Crippen molar-refractivity contribution in [3.05, 3.63) is 54.1 Å². The van der Waals surface area contributed by atoms with Crippen molar-refractivity contribution in [1.82, 2.24) is 14.5 Å². The predicted molar refractivity (Wildman–Crippen MR) is 92.6 cm³/mol. The predicted octanol–water partition coefficient (Wildman–Crippen LogP) is 2.65. The summed E-state index contributed by atoms with van der Waals surface area (Å²) in [7, 11) is 1.53. The maximum atomic E-state index is 12.8. The van der Waals surface area contributed by atoms with Crippen LogP contribution in [0.4, 0.5) is 8.78 Å². The molecule has 0 spiro atoms. The molecule has 9 heteroatoms. The van der Waals surface area contributed by atoms with Gasteiger partial charge >= 0.3 is 6.55 Å². The average molecular weight is 381 g/mol. The third kappa shape index (κ3) is 5.74. The second-order valence-corrected chi connectivity index (χ2v) is 5.02. The zero-order chi connectivity index (χ0) is 16.1. The summed E-state index contributed by atoms with van der Waals surface area (Å²) in [5.74, 6) is -0.189. The summed E-state index contributed by atoms with van der Waals surface area (Å²) in [6.07, 6.45) is 2.86. The van der Waals surface area contributed by atoms with Crippen LogP contribution in [0.1, 0.15) is 17.9 Å².